The number of carboxylic acid groups (broad SMARTS) is 2. The van der Waals surface area contributed by atoms with Gasteiger partial charge in [0, 0.05) is 17.7 Å². The number of nitro benzene ring substituents is 1. The Morgan fingerprint density at radius 2 is 1.61 bits per heavy atom. The first-order valence-electron chi connectivity index (χ1n) is 4.62. The van der Waals surface area contributed by atoms with Gasteiger partial charge in [0.1, 0.15) is 0 Å². The van der Waals surface area contributed by atoms with Gasteiger partial charge < -0.3 is 10.2 Å². The third-order valence-corrected chi connectivity index (χ3v) is 1.69. The van der Waals surface area contributed by atoms with Crippen LogP contribution >= 0.6 is 0 Å². The van der Waals surface area contributed by atoms with E-state index in [4.69, 9.17) is 10.2 Å². The van der Waals surface area contributed by atoms with Crippen molar-refractivity contribution < 1.29 is 24.7 Å². The zero-order valence-electron chi connectivity index (χ0n) is 9.49. The number of aromatic carboxylic acids is 1. The van der Waals surface area contributed by atoms with Crippen LogP contribution in [0, 0.1) is 10.1 Å². The largest absolute Gasteiger partial charge is 0.478 e. The number of benzene rings is 1. The maximum absolute atomic E-state index is 10.3. The Hall–Kier alpha value is -2.70. The van der Waals surface area contributed by atoms with Gasteiger partial charge in [-0.1, -0.05) is 6.58 Å². The highest BCUT2D eigenvalue weighted by Gasteiger charge is 2.06. The number of rotatable bonds is 3. The van der Waals surface area contributed by atoms with Crippen molar-refractivity contribution in [2.45, 2.75) is 6.92 Å². The molecule has 0 spiro atoms. The van der Waals surface area contributed by atoms with Crippen LogP contribution in [0.3, 0.4) is 0 Å². The molecule has 0 unspecified atom stereocenters. The molecule has 18 heavy (non-hydrogen) atoms. The van der Waals surface area contributed by atoms with Gasteiger partial charge in [0.2, 0.25) is 0 Å². The molecule has 0 bridgehead atoms. The van der Waals surface area contributed by atoms with E-state index in [-0.39, 0.29) is 16.8 Å². The molecule has 0 amide bonds. The molecule has 1 aromatic carbocycles. The Balaban J connectivity index is 0.000000411. The molecule has 7 heteroatoms. The second-order valence-corrected chi connectivity index (χ2v) is 3.19. The average molecular weight is 253 g/mol. The summed E-state index contributed by atoms with van der Waals surface area (Å²) in [4.78, 5) is 29.5. The van der Waals surface area contributed by atoms with Crippen molar-refractivity contribution in [3.63, 3.8) is 0 Å². The fraction of sp³-hybridized carbons (Fsp3) is 0.0909. The fourth-order valence-corrected chi connectivity index (χ4v) is 0.726. The predicted molar refractivity (Wildman–Crippen MR) is 62.5 cm³/mol. The highest BCUT2D eigenvalue weighted by molar-refractivity contribution is 5.87. The molecule has 1 aromatic rings. The molecule has 0 aliphatic rings. The minimum atomic E-state index is -1.09. The van der Waals surface area contributed by atoms with Crippen molar-refractivity contribution in [1.29, 1.82) is 0 Å². The zero-order chi connectivity index (χ0) is 14.3. The summed E-state index contributed by atoms with van der Waals surface area (Å²) in [6.45, 7) is 4.60. The third kappa shape index (κ3) is 5.40. The molecular weight excluding hydrogens is 242 g/mol. The van der Waals surface area contributed by atoms with Crippen molar-refractivity contribution in [2.75, 3.05) is 0 Å². The molecule has 0 atom stereocenters. The standard InChI is InChI=1S/C7H5NO4.C4H6O2/c9-7(10)5-1-3-6(4-2-5)8(11)12;1-3(2)4(5)6/h1-4H,(H,9,10);1H2,2H3,(H,5,6). The van der Waals surface area contributed by atoms with Crippen LogP contribution in [0.4, 0.5) is 5.69 Å². The van der Waals surface area contributed by atoms with Crippen LogP contribution in [-0.2, 0) is 4.79 Å². The van der Waals surface area contributed by atoms with Crippen LogP contribution in [0.2, 0.25) is 0 Å². The summed E-state index contributed by atoms with van der Waals surface area (Å²) in [6.07, 6.45) is 0. The Labute approximate surface area is 102 Å². The number of hydrogen-bond acceptors (Lipinski definition) is 4. The van der Waals surface area contributed by atoms with E-state index in [1.807, 2.05) is 0 Å². The van der Waals surface area contributed by atoms with Crippen molar-refractivity contribution in [3.8, 4) is 0 Å². The fourth-order valence-electron chi connectivity index (χ4n) is 0.726. The summed E-state index contributed by atoms with van der Waals surface area (Å²) in [5.74, 6) is -2.03. The van der Waals surface area contributed by atoms with Gasteiger partial charge in [-0.25, -0.2) is 9.59 Å². The van der Waals surface area contributed by atoms with Gasteiger partial charge >= 0.3 is 11.9 Å². The van der Waals surface area contributed by atoms with Gasteiger partial charge in [-0.15, -0.1) is 0 Å². The van der Waals surface area contributed by atoms with Crippen molar-refractivity contribution >= 4 is 17.6 Å². The lowest BCUT2D eigenvalue weighted by molar-refractivity contribution is -0.384. The molecule has 0 saturated carbocycles. The molecule has 0 saturated heterocycles. The smallest absolute Gasteiger partial charge is 0.335 e. The molecule has 7 nitrogen and oxygen atoms in total. The SMILES string of the molecule is C=C(C)C(=O)O.O=C(O)c1ccc([N+](=O)[O-])cc1. The van der Waals surface area contributed by atoms with Crippen molar-refractivity contribution in [3.05, 3.63) is 52.1 Å². The van der Waals surface area contributed by atoms with Crippen LogP contribution < -0.4 is 0 Å². The van der Waals surface area contributed by atoms with Crippen LogP contribution in [0.1, 0.15) is 17.3 Å². The second kappa shape index (κ2) is 6.79. The quantitative estimate of drug-likeness (QED) is 0.482. The zero-order valence-corrected chi connectivity index (χ0v) is 9.49. The van der Waals surface area contributed by atoms with E-state index in [1.165, 1.54) is 19.1 Å². The number of non-ortho nitro benzene ring substituents is 1. The molecule has 96 valence electrons. The van der Waals surface area contributed by atoms with Gasteiger partial charge in [-0.05, 0) is 19.1 Å². The van der Waals surface area contributed by atoms with Crippen LogP contribution in [-0.4, -0.2) is 27.1 Å². The molecule has 0 aliphatic heterocycles. The monoisotopic (exact) mass is 253 g/mol. The molecule has 0 aromatic heterocycles. The van der Waals surface area contributed by atoms with E-state index >= 15 is 0 Å². The summed E-state index contributed by atoms with van der Waals surface area (Å²) >= 11 is 0. The van der Waals surface area contributed by atoms with Gasteiger partial charge in [0.05, 0.1) is 10.5 Å². The Morgan fingerprint density at radius 1 is 1.22 bits per heavy atom. The summed E-state index contributed by atoms with van der Waals surface area (Å²) in [5.41, 5.74) is 0.107. The van der Waals surface area contributed by atoms with Gasteiger partial charge in [-0.3, -0.25) is 10.1 Å². The molecule has 0 heterocycles. The van der Waals surface area contributed by atoms with Gasteiger partial charge in [0.25, 0.3) is 5.69 Å². The molecular formula is C11H11NO6. The first-order valence-corrected chi connectivity index (χ1v) is 4.62. The molecule has 0 fully saturated rings. The van der Waals surface area contributed by atoms with Crippen LogP contribution in [0.15, 0.2) is 36.4 Å². The number of nitrogens with zero attached hydrogens (tertiary/aromatic N) is 1. The first-order chi connectivity index (χ1) is 8.25. The lowest BCUT2D eigenvalue weighted by Gasteiger charge is -1.92. The lowest BCUT2D eigenvalue weighted by atomic mass is 10.2. The number of carboxylic acids is 2. The molecule has 1 rings (SSSR count). The van der Waals surface area contributed by atoms with E-state index in [2.05, 4.69) is 6.58 Å². The van der Waals surface area contributed by atoms with Crippen LogP contribution in [0.25, 0.3) is 0 Å². The summed E-state index contributed by atoms with van der Waals surface area (Å²) in [7, 11) is 0. The number of carbonyl (C=O) groups is 2. The maximum Gasteiger partial charge on any atom is 0.335 e. The first kappa shape index (κ1) is 15.3. The van der Waals surface area contributed by atoms with E-state index < -0.39 is 16.9 Å². The molecule has 0 radical (unpaired) electrons. The average Bonchev–Trinajstić information content (AvgIpc) is 2.29. The maximum atomic E-state index is 10.3. The third-order valence-electron chi connectivity index (χ3n) is 1.69. The Bertz CT molecular complexity index is 432. The minimum absolute atomic E-state index is 0.0422. The van der Waals surface area contributed by atoms with Crippen LogP contribution in [0.5, 0.6) is 0 Å². The minimum Gasteiger partial charge on any atom is -0.478 e. The summed E-state index contributed by atoms with van der Waals surface area (Å²) in [5, 5.41) is 26.5. The number of aliphatic carboxylic acids is 1. The Kier molecular flexibility index (Phi) is 5.77. The van der Waals surface area contributed by atoms with Crippen molar-refractivity contribution in [1.82, 2.24) is 0 Å². The van der Waals surface area contributed by atoms with Gasteiger partial charge in [-0.2, -0.15) is 0 Å². The highest BCUT2D eigenvalue weighted by Crippen LogP contribution is 2.11. The second-order valence-electron chi connectivity index (χ2n) is 3.19. The predicted octanol–water partition coefficient (Wildman–Crippen LogP) is 1.94. The molecule has 2 N–H and O–H groups in total. The van der Waals surface area contributed by atoms with E-state index in [9.17, 15) is 19.7 Å². The number of hydrogen-bond donors (Lipinski definition) is 2. The summed E-state index contributed by atoms with van der Waals surface area (Å²) in [6, 6.07) is 4.70. The molecule has 0 aliphatic carbocycles. The van der Waals surface area contributed by atoms with E-state index in [0.29, 0.717) is 0 Å². The number of nitro groups is 1. The van der Waals surface area contributed by atoms with E-state index in [0.717, 1.165) is 12.1 Å². The van der Waals surface area contributed by atoms with Gasteiger partial charge in [0.15, 0.2) is 0 Å². The van der Waals surface area contributed by atoms with Crippen molar-refractivity contribution in [2.24, 2.45) is 0 Å². The topological polar surface area (TPSA) is 118 Å². The highest BCUT2D eigenvalue weighted by atomic mass is 16.6. The Morgan fingerprint density at radius 3 is 1.83 bits per heavy atom. The summed E-state index contributed by atoms with van der Waals surface area (Å²) < 4.78 is 0. The van der Waals surface area contributed by atoms with E-state index in [1.54, 1.807) is 0 Å². The normalized spacial score (nSPS) is 8.72. The lowest BCUT2D eigenvalue weighted by Crippen LogP contribution is -1.96.